The molecule has 6 heteroatoms. The Morgan fingerprint density at radius 1 is 1.09 bits per heavy atom. The van der Waals surface area contributed by atoms with Crippen LogP contribution in [0.1, 0.15) is 26.2 Å². The van der Waals surface area contributed by atoms with Crippen LogP contribution in [-0.4, -0.2) is 48.7 Å². The quantitative estimate of drug-likeness (QED) is 0.670. The number of nitrogens with zero attached hydrogens (tertiary/aromatic N) is 1. The average molecular weight is 309 g/mol. The lowest BCUT2D eigenvalue weighted by Gasteiger charge is -2.16. The van der Waals surface area contributed by atoms with Crippen molar-refractivity contribution in [2.45, 2.75) is 26.2 Å². The summed E-state index contributed by atoms with van der Waals surface area (Å²) in [6.45, 7) is 3.22. The van der Waals surface area contributed by atoms with Crippen molar-refractivity contribution < 1.29 is 24.2 Å². The molecule has 122 valence electrons. The van der Waals surface area contributed by atoms with Crippen molar-refractivity contribution >= 4 is 11.9 Å². The standard InChI is InChI=1S/C16H23NO5/c1-3-21-13-6-8-14(9-7-13)22-12-4-5-15(18)17(2)11-10-16(19)20/h6-9H,3-5,10-12H2,1-2H3,(H,19,20). The maximum absolute atomic E-state index is 11.7. The van der Waals surface area contributed by atoms with E-state index in [9.17, 15) is 9.59 Å². The highest BCUT2D eigenvalue weighted by Gasteiger charge is 2.09. The lowest BCUT2D eigenvalue weighted by Crippen LogP contribution is -2.29. The highest BCUT2D eigenvalue weighted by atomic mass is 16.5. The van der Waals surface area contributed by atoms with Crippen LogP contribution < -0.4 is 9.47 Å². The lowest BCUT2D eigenvalue weighted by molar-refractivity contribution is -0.138. The molecule has 0 aliphatic carbocycles. The number of ether oxygens (including phenoxy) is 2. The Bertz CT molecular complexity index is 472. The van der Waals surface area contributed by atoms with Gasteiger partial charge in [0.2, 0.25) is 5.91 Å². The summed E-state index contributed by atoms with van der Waals surface area (Å²) in [5, 5.41) is 8.57. The molecule has 0 aliphatic heterocycles. The predicted octanol–water partition coefficient (Wildman–Crippen LogP) is 2.18. The van der Waals surface area contributed by atoms with Gasteiger partial charge >= 0.3 is 5.97 Å². The number of carbonyl (C=O) groups is 2. The van der Waals surface area contributed by atoms with Crippen molar-refractivity contribution in [1.29, 1.82) is 0 Å². The first-order valence-corrected chi connectivity index (χ1v) is 7.34. The average Bonchev–Trinajstić information content (AvgIpc) is 2.50. The Morgan fingerprint density at radius 3 is 2.23 bits per heavy atom. The van der Waals surface area contributed by atoms with E-state index in [1.165, 1.54) is 4.90 Å². The van der Waals surface area contributed by atoms with E-state index in [4.69, 9.17) is 14.6 Å². The van der Waals surface area contributed by atoms with Crippen LogP contribution >= 0.6 is 0 Å². The van der Waals surface area contributed by atoms with E-state index in [0.717, 1.165) is 11.5 Å². The molecule has 0 bridgehead atoms. The van der Waals surface area contributed by atoms with E-state index in [2.05, 4.69) is 0 Å². The van der Waals surface area contributed by atoms with Gasteiger partial charge in [-0.05, 0) is 37.6 Å². The summed E-state index contributed by atoms with van der Waals surface area (Å²) >= 11 is 0. The van der Waals surface area contributed by atoms with Crippen LogP contribution in [0.3, 0.4) is 0 Å². The van der Waals surface area contributed by atoms with E-state index in [1.54, 1.807) is 7.05 Å². The summed E-state index contributed by atoms with van der Waals surface area (Å²) in [7, 11) is 1.61. The van der Waals surface area contributed by atoms with E-state index in [-0.39, 0.29) is 18.9 Å². The fourth-order valence-electron chi connectivity index (χ4n) is 1.79. The Morgan fingerprint density at radius 2 is 1.68 bits per heavy atom. The number of carboxylic acid groups (broad SMARTS) is 1. The second-order valence-electron chi connectivity index (χ2n) is 4.82. The highest BCUT2D eigenvalue weighted by Crippen LogP contribution is 2.17. The molecule has 22 heavy (non-hydrogen) atoms. The van der Waals surface area contributed by atoms with Crippen LogP contribution in [-0.2, 0) is 9.59 Å². The summed E-state index contributed by atoms with van der Waals surface area (Å²) in [6.07, 6.45) is 0.890. The van der Waals surface area contributed by atoms with Gasteiger partial charge in [0.05, 0.1) is 19.6 Å². The van der Waals surface area contributed by atoms with E-state index >= 15 is 0 Å². The third-order valence-corrected chi connectivity index (χ3v) is 3.03. The predicted molar refractivity (Wildman–Crippen MR) is 82.2 cm³/mol. The molecule has 0 saturated heterocycles. The molecule has 0 fully saturated rings. The zero-order chi connectivity index (χ0) is 16.4. The second-order valence-corrected chi connectivity index (χ2v) is 4.82. The summed E-state index contributed by atoms with van der Waals surface area (Å²) in [6, 6.07) is 7.32. The molecule has 1 N–H and O–H groups in total. The fourth-order valence-corrected chi connectivity index (χ4v) is 1.79. The molecule has 1 amide bonds. The third kappa shape index (κ3) is 6.97. The van der Waals surface area contributed by atoms with Crippen molar-refractivity contribution in [2.75, 3.05) is 26.8 Å². The van der Waals surface area contributed by atoms with Crippen LogP contribution in [0, 0.1) is 0 Å². The molecule has 0 aromatic heterocycles. The Labute approximate surface area is 130 Å². The van der Waals surface area contributed by atoms with Crippen molar-refractivity contribution in [1.82, 2.24) is 4.90 Å². The Hall–Kier alpha value is -2.24. The van der Waals surface area contributed by atoms with Gasteiger partial charge in [-0.1, -0.05) is 0 Å². The van der Waals surface area contributed by atoms with Gasteiger partial charge in [0.25, 0.3) is 0 Å². The molecule has 0 spiro atoms. The number of aliphatic carboxylic acids is 1. The van der Waals surface area contributed by atoms with Gasteiger partial charge in [0.1, 0.15) is 11.5 Å². The van der Waals surface area contributed by atoms with Gasteiger partial charge in [-0.3, -0.25) is 9.59 Å². The first-order chi connectivity index (χ1) is 10.5. The minimum atomic E-state index is -0.904. The molecule has 0 unspecified atom stereocenters. The molecule has 0 radical (unpaired) electrons. The zero-order valence-corrected chi connectivity index (χ0v) is 13.1. The molecule has 1 rings (SSSR count). The number of benzene rings is 1. The molecule has 1 aromatic carbocycles. The topological polar surface area (TPSA) is 76.1 Å². The second kappa shape index (κ2) is 9.65. The minimum Gasteiger partial charge on any atom is -0.494 e. The zero-order valence-electron chi connectivity index (χ0n) is 13.1. The molecular weight excluding hydrogens is 286 g/mol. The SMILES string of the molecule is CCOc1ccc(OCCCC(=O)N(C)CCC(=O)O)cc1. The number of hydrogen-bond acceptors (Lipinski definition) is 4. The van der Waals surface area contributed by atoms with Gasteiger partial charge in [-0.2, -0.15) is 0 Å². The fraction of sp³-hybridized carbons (Fsp3) is 0.500. The minimum absolute atomic E-state index is 0.0368. The largest absolute Gasteiger partial charge is 0.494 e. The number of carbonyl (C=O) groups excluding carboxylic acids is 1. The first-order valence-electron chi connectivity index (χ1n) is 7.34. The molecule has 6 nitrogen and oxygen atoms in total. The molecule has 1 aromatic rings. The molecular formula is C16H23NO5. The number of amides is 1. The third-order valence-electron chi connectivity index (χ3n) is 3.03. The monoisotopic (exact) mass is 309 g/mol. The summed E-state index contributed by atoms with van der Waals surface area (Å²) < 4.78 is 10.9. The van der Waals surface area contributed by atoms with Gasteiger partial charge in [0.15, 0.2) is 0 Å². The van der Waals surface area contributed by atoms with Gasteiger partial charge in [0, 0.05) is 20.0 Å². The van der Waals surface area contributed by atoms with E-state index < -0.39 is 5.97 Å². The Balaban J connectivity index is 2.21. The van der Waals surface area contributed by atoms with Crippen LogP contribution in [0.4, 0.5) is 0 Å². The first kappa shape index (κ1) is 17.8. The normalized spacial score (nSPS) is 10.1. The maximum Gasteiger partial charge on any atom is 0.305 e. The molecule has 0 atom stereocenters. The Kier molecular flexibility index (Phi) is 7.81. The highest BCUT2D eigenvalue weighted by molar-refractivity contribution is 5.76. The lowest BCUT2D eigenvalue weighted by atomic mass is 10.2. The van der Waals surface area contributed by atoms with E-state index in [0.29, 0.717) is 26.1 Å². The summed E-state index contributed by atoms with van der Waals surface area (Å²) in [5.74, 6) is 0.551. The number of hydrogen-bond donors (Lipinski definition) is 1. The molecule has 0 aliphatic rings. The molecule has 0 saturated carbocycles. The van der Waals surface area contributed by atoms with Gasteiger partial charge in [-0.15, -0.1) is 0 Å². The summed E-state index contributed by atoms with van der Waals surface area (Å²) in [5.41, 5.74) is 0. The van der Waals surface area contributed by atoms with Crippen molar-refractivity contribution in [3.8, 4) is 11.5 Å². The van der Waals surface area contributed by atoms with Gasteiger partial charge < -0.3 is 19.5 Å². The van der Waals surface area contributed by atoms with Gasteiger partial charge in [-0.25, -0.2) is 0 Å². The van der Waals surface area contributed by atoms with Crippen molar-refractivity contribution in [2.24, 2.45) is 0 Å². The number of rotatable bonds is 10. The van der Waals surface area contributed by atoms with Crippen molar-refractivity contribution in [3.05, 3.63) is 24.3 Å². The van der Waals surface area contributed by atoms with Crippen LogP contribution in [0.25, 0.3) is 0 Å². The van der Waals surface area contributed by atoms with E-state index in [1.807, 2.05) is 31.2 Å². The van der Waals surface area contributed by atoms with Crippen LogP contribution in [0.15, 0.2) is 24.3 Å². The van der Waals surface area contributed by atoms with Crippen LogP contribution in [0.5, 0.6) is 11.5 Å². The number of carboxylic acids is 1. The summed E-state index contributed by atoms with van der Waals surface area (Å²) in [4.78, 5) is 23.6. The molecule has 0 heterocycles. The maximum atomic E-state index is 11.7. The van der Waals surface area contributed by atoms with Crippen LogP contribution in [0.2, 0.25) is 0 Å². The van der Waals surface area contributed by atoms with Crippen molar-refractivity contribution in [3.63, 3.8) is 0 Å². The smallest absolute Gasteiger partial charge is 0.305 e.